The van der Waals surface area contributed by atoms with E-state index in [0.29, 0.717) is 28.1 Å². The number of aldehydes is 1. The summed E-state index contributed by atoms with van der Waals surface area (Å²) in [4.78, 5) is 10.9. The fraction of sp³-hybridized carbons (Fsp3) is 0.133. The molecule has 3 nitrogen and oxygen atoms in total. The number of carbonyl (C=O) groups excluding carboxylic acids is 1. The summed E-state index contributed by atoms with van der Waals surface area (Å²) in [5, 5.41) is 0. The third-order valence-electron chi connectivity index (χ3n) is 2.72. The van der Waals surface area contributed by atoms with E-state index in [1.54, 1.807) is 19.2 Å². The number of ether oxygens (including phenoxy) is 2. The molecule has 104 valence electrons. The molecule has 0 fully saturated rings. The molecule has 0 aliphatic heterocycles. The molecule has 0 unspecified atom stereocenters. The van der Waals surface area contributed by atoms with Crippen LogP contribution in [0.15, 0.2) is 45.3 Å². The molecule has 5 heteroatoms. The first-order chi connectivity index (χ1) is 9.63. The lowest BCUT2D eigenvalue weighted by molar-refractivity contribution is 0.112. The van der Waals surface area contributed by atoms with E-state index in [9.17, 15) is 4.79 Å². The summed E-state index contributed by atoms with van der Waals surface area (Å²) >= 11 is 6.72. The van der Waals surface area contributed by atoms with Gasteiger partial charge < -0.3 is 9.47 Å². The van der Waals surface area contributed by atoms with Crippen molar-refractivity contribution in [2.45, 2.75) is 6.61 Å². The predicted molar refractivity (Wildman–Crippen MR) is 84.6 cm³/mol. The number of halogens is 2. The molecule has 0 aliphatic rings. The van der Waals surface area contributed by atoms with Crippen LogP contribution in [0.1, 0.15) is 15.9 Å². The molecular weight excluding hydrogens is 388 g/mol. The Balaban J connectivity index is 2.18. The molecule has 0 N–H and O–H groups in total. The van der Waals surface area contributed by atoms with E-state index in [4.69, 9.17) is 9.47 Å². The molecule has 0 spiro atoms. The lowest BCUT2D eigenvalue weighted by atomic mass is 10.2. The van der Waals surface area contributed by atoms with E-state index in [2.05, 4.69) is 31.9 Å². The maximum absolute atomic E-state index is 10.9. The molecule has 20 heavy (non-hydrogen) atoms. The number of carbonyl (C=O) groups is 1. The second kappa shape index (κ2) is 6.90. The highest BCUT2D eigenvalue weighted by Gasteiger charge is 2.10. The molecule has 2 aromatic carbocycles. The smallest absolute Gasteiger partial charge is 0.162 e. The Morgan fingerprint density at radius 3 is 2.40 bits per heavy atom. The van der Waals surface area contributed by atoms with Crippen molar-refractivity contribution in [1.82, 2.24) is 0 Å². The van der Waals surface area contributed by atoms with Gasteiger partial charge in [-0.1, -0.05) is 28.1 Å². The van der Waals surface area contributed by atoms with Crippen molar-refractivity contribution < 1.29 is 14.3 Å². The zero-order valence-corrected chi connectivity index (χ0v) is 13.9. The maximum Gasteiger partial charge on any atom is 0.162 e. The van der Waals surface area contributed by atoms with Gasteiger partial charge in [-0.3, -0.25) is 4.79 Å². The van der Waals surface area contributed by atoms with E-state index in [0.717, 1.165) is 16.3 Å². The fourth-order valence-electron chi connectivity index (χ4n) is 1.66. The molecule has 0 heterocycles. The molecule has 0 bridgehead atoms. The van der Waals surface area contributed by atoms with E-state index < -0.39 is 0 Å². The molecular formula is C15H12Br2O3. The largest absolute Gasteiger partial charge is 0.493 e. The van der Waals surface area contributed by atoms with Gasteiger partial charge in [0.15, 0.2) is 17.8 Å². The van der Waals surface area contributed by atoms with Gasteiger partial charge in [-0.05, 0) is 45.8 Å². The van der Waals surface area contributed by atoms with E-state index >= 15 is 0 Å². The number of hydrogen-bond acceptors (Lipinski definition) is 3. The first-order valence-electron chi connectivity index (χ1n) is 5.84. The van der Waals surface area contributed by atoms with Crippen molar-refractivity contribution in [3.63, 3.8) is 0 Å². The molecule has 0 saturated carbocycles. The Morgan fingerprint density at radius 1 is 1.10 bits per heavy atom. The standard InChI is InChI=1S/C15H12Br2O3/c1-19-14-6-11(8-18)13(17)7-15(14)20-9-10-2-4-12(16)5-3-10/h2-8H,9H2,1H3. The lowest BCUT2D eigenvalue weighted by Crippen LogP contribution is -1.99. The van der Waals surface area contributed by atoms with Gasteiger partial charge in [0.05, 0.1) is 7.11 Å². The van der Waals surface area contributed by atoms with Crippen molar-refractivity contribution in [2.75, 3.05) is 7.11 Å². The number of benzene rings is 2. The van der Waals surface area contributed by atoms with Gasteiger partial charge in [0.1, 0.15) is 6.61 Å². The van der Waals surface area contributed by atoms with Gasteiger partial charge in [0, 0.05) is 14.5 Å². The molecule has 0 atom stereocenters. The van der Waals surface area contributed by atoms with Gasteiger partial charge in [-0.2, -0.15) is 0 Å². The van der Waals surface area contributed by atoms with Crippen LogP contribution >= 0.6 is 31.9 Å². The van der Waals surface area contributed by atoms with Crippen LogP contribution in [0.25, 0.3) is 0 Å². The molecule has 0 aromatic heterocycles. The Labute approximate surface area is 134 Å². The summed E-state index contributed by atoms with van der Waals surface area (Å²) in [6.45, 7) is 0.427. The molecule has 0 radical (unpaired) electrons. The Hall–Kier alpha value is -1.33. The Kier molecular flexibility index (Phi) is 5.20. The van der Waals surface area contributed by atoms with Crippen LogP contribution in [-0.4, -0.2) is 13.4 Å². The zero-order chi connectivity index (χ0) is 14.5. The highest BCUT2D eigenvalue weighted by Crippen LogP contribution is 2.33. The summed E-state index contributed by atoms with van der Waals surface area (Å²) < 4.78 is 12.7. The number of hydrogen-bond donors (Lipinski definition) is 0. The summed E-state index contributed by atoms with van der Waals surface area (Å²) in [5.74, 6) is 1.13. The van der Waals surface area contributed by atoms with Crippen LogP contribution in [0.2, 0.25) is 0 Å². The van der Waals surface area contributed by atoms with Crippen molar-refractivity contribution in [2.24, 2.45) is 0 Å². The monoisotopic (exact) mass is 398 g/mol. The normalized spacial score (nSPS) is 10.2. The van der Waals surface area contributed by atoms with Crippen LogP contribution in [0, 0.1) is 0 Å². The van der Waals surface area contributed by atoms with Crippen LogP contribution in [0.5, 0.6) is 11.5 Å². The van der Waals surface area contributed by atoms with E-state index in [-0.39, 0.29) is 0 Å². The lowest BCUT2D eigenvalue weighted by Gasteiger charge is -2.12. The summed E-state index contributed by atoms with van der Waals surface area (Å²) in [7, 11) is 1.55. The minimum Gasteiger partial charge on any atom is -0.493 e. The SMILES string of the molecule is COc1cc(C=O)c(Br)cc1OCc1ccc(Br)cc1. The van der Waals surface area contributed by atoms with Crippen LogP contribution in [0.4, 0.5) is 0 Å². The minimum absolute atomic E-state index is 0.427. The molecule has 2 aromatic rings. The topological polar surface area (TPSA) is 35.5 Å². The fourth-order valence-corrected chi connectivity index (χ4v) is 2.34. The van der Waals surface area contributed by atoms with Crippen molar-refractivity contribution in [3.05, 3.63) is 56.5 Å². The molecule has 0 amide bonds. The van der Waals surface area contributed by atoms with Gasteiger partial charge in [-0.15, -0.1) is 0 Å². The third-order valence-corrected chi connectivity index (χ3v) is 3.93. The van der Waals surface area contributed by atoms with Crippen molar-refractivity contribution in [1.29, 1.82) is 0 Å². The van der Waals surface area contributed by atoms with Gasteiger partial charge in [0.2, 0.25) is 0 Å². The van der Waals surface area contributed by atoms with E-state index in [1.807, 2.05) is 24.3 Å². The van der Waals surface area contributed by atoms with Crippen LogP contribution in [0.3, 0.4) is 0 Å². The van der Waals surface area contributed by atoms with E-state index in [1.165, 1.54) is 0 Å². The number of rotatable bonds is 5. The summed E-state index contributed by atoms with van der Waals surface area (Å²) in [6.07, 6.45) is 0.769. The zero-order valence-electron chi connectivity index (χ0n) is 10.7. The average Bonchev–Trinajstić information content (AvgIpc) is 2.46. The van der Waals surface area contributed by atoms with Crippen LogP contribution in [-0.2, 0) is 6.61 Å². The minimum atomic E-state index is 0.427. The van der Waals surface area contributed by atoms with Crippen LogP contribution < -0.4 is 9.47 Å². The van der Waals surface area contributed by atoms with Gasteiger partial charge >= 0.3 is 0 Å². The average molecular weight is 400 g/mol. The van der Waals surface area contributed by atoms with Crippen molar-refractivity contribution in [3.8, 4) is 11.5 Å². The first-order valence-corrected chi connectivity index (χ1v) is 7.42. The molecule has 2 rings (SSSR count). The Morgan fingerprint density at radius 2 is 1.80 bits per heavy atom. The quantitative estimate of drug-likeness (QED) is 0.688. The second-order valence-corrected chi connectivity index (χ2v) is 5.83. The third kappa shape index (κ3) is 3.61. The van der Waals surface area contributed by atoms with Crippen molar-refractivity contribution >= 4 is 38.1 Å². The highest BCUT2D eigenvalue weighted by atomic mass is 79.9. The van der Waals surface area contributed by atoms with Gasteiger partial charge in [0.25, 0.3) is 0 Å². The summed E-state index contributed by atoms with van der Waals surface area (Å²) in [5.41, 5.74) is 1.57. The summed E-state index contributed by atoms with van der Waals surface area (Å²) in [6, 6.07) is 11.3. The number of methoxy groups -OCH3 is 1. The predicted octanol–water partition coefficient (Wildman–Crippen LogP) is 4.61. The highest BCUT2D eigenvalue weighted by molar-refractivity contribution is 9.10. The first kappa shape index (κ1) is 15.1. The molecule has 0 aliphatic carbocycles. The maximum atomic E-state index is 10.9. The van der Waals surface area contributed by atoms with Gasteiger partial charge in [-0.25, -0.2) is 0 Å². The second-order valence-electron chi connectivity index (χ2n) is 4.06. The Bertz CT molecular complexity index is 609. The molecule has 0 saturated heterocycles.